The first-order valence-electron chi connectivity index (χ1n) is 10.4. The molecule has 0 radical (unpaired) electrons. The van der Waals surface area contributed by atoms with Crippen LogP contribution >= 0.6 is 11.6 Å². The first-order valence-corrected chi connectivity index (χ1v) is 10.7. The van der Waals surface area contributed by atoms with Gasteiger partial charge in [0.1, 0.15) is 5.75 Å². The van der Waals surface area contributed by atoms with Gasteiger partial charge < -0.3 is 15.0 Å². The summed E-state index contributed by atoms with van der Waals surface area (Å²) in [5.74, 6) is 0.934. The molecule has 0 saturated carbocycles. The van der Waals surface area contributed by atoms with E-state index in [4.69, 9.17) is 16.3 Å². The molecule has 3 aromatic rings. The molecule has 3 nitrogen and oxygen atoms in total. The van der Waals surface area contributed by atoms with Gasteiger partial charge in [-0.15, -0.1) is 0 Å². The van der Waals surface area contributed by atoms with Gasteiger partial charge in [0.25, 0.3) is 0 Å². The van der Waals surface area contributed by atoms with Gasteiger partial charge in [-0.1, -0.05) is 62.1 Å². The normalized spacial score (nSPS) is 16.3. The molecule has 0 bridgehead atoms. The van der Waals surface area contributed by atoms with Gasteiger partial charge in [-0.25, -0.2) is 0 Å². The van der Waals surface area contributed by atoms with Crippen LogP contribution in [0.2, 0.25) is 5.02 Å². The minimum Gasteiger partial charge on any atom is -0.496 e. The maximum absolute atomic E-state index is 6.57. The van der Waals surface area contributed by atoms with E-state index in [-0.39, 0.29) is 0 Å². The quantitative estimate of drug-likeness (QED) is 0.479. The average molecular weight is 397 g/mol. The van der Waals surface area contributed by atoms with E-state index in [1.54, 1.807) is 7.11 Å². The number of para-hydroxylation sites is 1. The Labute approximate surface area is 172 Å². The second-order valence-corrected chi connectivity index (χ2v) is 8.21. The number of benzene rings is 2. The van der Waals surface area contributed by atoms with Crippen LogP contribution in [0.5, 0.6) is 5.75 Å². The van der Waals surface area contributed by atoms with Crippen molar-refractivity contribution in [1.82, 2.24) is 10.3 Å². The van der Waals surface area contributed by atoms with Crippen molar-refractivity contribution in [2.24, 2.45) is 0 Å². The zero-order valence-corrected chi connectivity index (χ0v) is 17.5. The fourth-order valence-electron chi connectivity index (χ4n) is 4.45. The van der Waals surface area contributed by atoms with E-state index in [0.717, 1.165) is 35.7 Å². The van der Waals surface area contributed by atoms with Crippen LogP contribution in [0.15, 0.2) is 36.4 Å². The Morgan fingerprint density at radius 1 is 1.11 bits per heavy atom. The third kappa shape index (κ3) is 3.78. The Morgan fingerprint density at radius 3 is 2.79 bits per heavy atom. The summed E-state index contributed by atoms with van der Waals surface area (Å²) in [6.45, 7) is 3.17. The molecule has 0 spiro atoms. The van der Waals surface area contributed by atoms with E-state index in [0.29, 0.717) is 6.04 Å². The Morgan fingerprint density at radius 2 is 1.96 bits per heavy atom. The Bertz CT molecular complexity index is 963. The van der Waals surface area contributed by atoms with Crippen LogP contribution in [0.1, 0.15) is 55.0 Å². The van der Waals surface area contributed by atoms with Crippen molar-refractivity contribution in [1.29, 1.82) is 0 Å². The maximum atomic E-state index is 6.57. The van der Waals surface area contributed by atoms with E-state index < -0.39 is 0 Å². The van der Waals surface area contributed by atoms with Gasteiger partial charge in [-0.2, -0.15) is 0 Å². The predicted octanol–water partition coefficient (Wildman–Crippen LogP) is 6.02. The van der Waals surface area contributed by atoms with E-state index in [1.165, 1.54) is 53.5 Å². The number of aromatic nitrogens is 1. The molecule has 0 aliphatic carbocycles. The SMILES string of the molecule is CCCCCC1Cc2[nH]c3c(Cl)ccc(Cc4ccccc4OC)c3c2CN1. The van der Waals surface area contributed by atoms with Gasteiger partial charge in [0, 0.05) is 36.5 Å². The molecule has 148 valence electrons. The monoisotopic (exact) mass is 396 g/mol. The van der Waals surface area contributed by atoms with Crippen LogP contribution < -0.4 is 10.1 Å². The molecular weight excluding hydrogens is 368 g/mol. The first-order chi connectivity index (χ1) is 13.7. The third-order valence-electron chi connectivity index (χ3n) is 5.93. The van der Waals surface area contributed by atoms with Crippen molar-refractivity contribution in [2.45, 2.75) is 58.0 Å². The second-order valence-electron chi connectivity index (χ2n) is 7.80. The molecule has 0 fully saturated rings. The van der Waals surface area contributed by atoms with Gasteiger partial charge in [0.15, 0.2) is 0 Å². The van der Waals surface area contributed by atoms with Crippen molar-refractivity contribution in [3.8, 4) is 5.75 Å². The Hall–Kier alpha value is -1.97. The number of unbranched alkanes of at least 4 members (excludes halogenated alkanes) is 2. The Balaban J connectivity index is 1.68. The number of ether oxygens (including phenoxy) is 1. The molecule has 1 aliphatic rings. The van der Waals surface area contributed by atoms with E-state index in [1.807, 2.05) is 18.2 Å². The number of nitrogens with one attached hydrogen (secondary N) is 2. The standard InChI is InChI=1S/C24H29ClN2O/c1-3-4-5-9-18-14-21-19(15-26-18)23-17(11-12-20(25)24(23)27-21)13-16-8-6-7-10-22(16)28-2/h6-8,10-12,18,26-27H,3-5,9,13-15H2,1-2H3. The van der Waals surface area contributed by atoms with Crippen LogP contribution in [-0.2, 0) is 19.4 Å². The van der Waals surface area contributed by atoms with Gasteiger partial charge in [0.05, 0.1) is 17.6 Å². The number of hydrogen-bond acceptors (Lipinski definition) is 2. The lowest BCUT2D eigenvalue weighted by Crippen LogP contribution is -2.35. The molecule has 1 aliphatic heterocycles. The summed E-state index contributed by atoms with van der Waals surface area (Å²) in [7, 11) is 1.73. The van der Waals surface area contributed by atoms with Crippen LogP contribution in [0.3, 0.4) is 0 Å². The molecule has 0 saturated heterocycles. The average Bonchev–Trinajstić information content (AvgIpc) is 3.10. The number of methoxy groups -OCH3 is 1. The Kier molecular flexibility index (Phi) is 5.93. The molecular formula is C24H29ClN2O. The van der Waals surface area contributed by atoms with Crippen LogP contribution in [0.25, 0.3) is 10.9 Å². The van der Waals surface area contributed by atoms with E-state index in [2.05, 4.69) is 35.4 Å². The summed E-state index contributed by atoms with van der Waals surface area (Å²) in [6, 6.07) is 13.0. The molecule has 0 amide bonds. The van der Waals surface area contributed by atoms with Gasteiger partial charge in [0.2, 0.25) is 0 Å². The minimum atomic E-state index is 0.559. The molecule has 2 heterocycles. The highest BCUT2D eigenvalue weighted by atomic mass is 35.5. The summed E-state index contributed by atoms with van der Waals surface area (Å²) in [4.78, 5) is 3.66. The number of fused-ring (bicyclic) bond motifs is 3. The third-order valence-corrected chi connectivity index (χ3v) is 6.25. The van der Waals surface area contributed by atoms with Crippen molar-refractivity contribution < 1.29 is 4.74 Å². The molecule has 2 aromatic carbocycles. The molecule has 1 aromatic heterocycles. The fraction of sp³-hybridized carbons (Fsp3) is 0.417. The number of H-pyrrole nitrogens is 1. The van der Waals surface area contributed by atoms with Gasteiger partial charge in [-0.3, -0.25) is 0 Å². The number of aromatic amines is 1. The summed E-state index contributed by atoms with van der Waals surface area (Å²) < 4.78 is 5.56. The van der Waals surface area contributed by atoms with Crippen LogP contribution in [-0.4, -0.2) is 18.1 Å². The molecule has 4 rings (SSSR count). The molecule has 4 heteroatoms. The number of halogens is 1. The first kappa shape index (κ1) is 19.4. The maximum Gasteiger partial charge on any atom is 0.122 e. The number of rotatable bonds is 7. The van der Waals surface area contributed by atoms with Crippen LogP contribution in [0.4, 0.5) is 0 Å². The summed E-state index contributed by atoms with van der Waals surface area (Å²) in [6.07, 6.45) is 7.01. The molecule has 1 unspecified atom stereocenters. The van der Waals surface area contributed by atoms with Crippen molar-refractivity contribution in [2.75, 3.05) is 7.11 Å². The zero-order valence-electron chi connectivity index (χ0n) is 16.8. The zero-order chi connectivity index (χ0) is 19.5. The van der Waals surface area contributed by atoms with E-state index in [9.17, 15) is 0 Å². The lowest BCUT2D eigenvalue weighted by atomic mass is 9.93. The van der Waals surface area contributed by atoms with Crippen LogP contribution in [0, 0.1) is 0 Å². The predicted molar refractivity (Wildman–Crippen MR) is 118 cm³/mol. The highest BCUT2D eigenvalue weighted by molar-refractivity contribution is 6.35. The van der Waals surface area contributed by atoms with Crippen molar-refractivity contribution >= 4 is 22.5 Å². The minimum absolute atomic E-state index is 0.559. The lowest BCUT2D eigenvalue weighted by molar-refractivity contribution is 0.410. The van der Waals surface area contributed by atoms with E-state index >= 15 is 0 Å². The van der Waals surface area contributed by atoms with Crippen molar-refractivity contribution in [3.63, 3.8) is 0 Å². The smallest absolute Gasteiger partial charge is 0.122 e. The molecule has 2 N–H and O–H groups in total. The summed E-state index contributed by atoms with van der Waals surface area (Å²) >= 11 is 6.57. The molecule has 1 atom stereocenters. The highest BCUT2D eigenvalue weighted by Gasteiger charge is 2.24. The topological polar surface area (TPSA) is 37.0 Å². The largest absolute Gasteiger partial charge is 0.496 e. The lowest BCUT2D eigenvalue weighted by Gasteiger charge is -2.24. The van der Waals surface area contributed by atoms with Gasteiger partial charge in [-0.05, 0) is 35.2 Å². The number of hydrogen-bond donors (Lipinski definition) is 2. The molecule has 28 heavy (non-hydrogen) atoms. The van der Waals surface area contributed by atoms with Gasteiger partial charge >= 0.3 is 0 Å². The highest BCUT2D eigenvalue weighted by Crippen LogP contribution is 2.35. The summed E-state index contributed by atoms with van der Waals surface area (Å²) in [5.41, 5.74) is 6.31. The fourth-order valence-corrected chi connectivity index (χ4v) is 4.65. The summed E-state index contributed by atoms with van der Waals surface area (Å²) in [5, 5.41) is 5.84. The van der Waals surface area contributed by atoms with Crippen molar-refractivity contribution in [3.05, 3.63) is 63.8 Å². The second kappa shape index (κ2) is 8.59.